The third kappa shape index (κ3) is 2.00. The van der Waals surface area contributed by atoms with Crippen LogP contribution in [0, 0.1) is 11.3 Å². The minimum absolute atomic E-state index is 0.176. The Morgan fingerprint density at radius 2 is 1.84 bits per heavy atom. The van der Waals surface area contributed by atoms with Gasteiger partial charge in [0.2, 0.25) is 0 Å². The van der Waals surface area contributed by atoms with Gasteiger partial charge in [0.1, 0.15) is 17.5 Å². The number of para-hydroxylation sites is 1. The van der Waals surface area contributed by atoms with Crippen molar-refractivity contribution in [2.75, 3.05) is 0 Å². The van der Waals surface area contributed by atoms with Gasteiger partial charge in [-0.1, -0.05) is 30.3 Å². The molecule has 0 radical (unpaired) electrons. The number of phenols is 1. The highest BCUT2D eigenvalue weighted by molar-refractivity contribution is 5.86. The Morgan fingerprint density at radius 3 is 2.63 bits per heavy atom. The van der Waals surface area contributed by atoms with Gasteiger partial charge in [0.25, 0.3) is 0 Å². The Labute approximate surface area is 110 Å². The van der Waals surface area contributed by atoms with Gasteiger partial charge in [-0.15, -0.1) is 0 Å². The van der Waals surface area contributed by atoms with Crippen LogP contribution in [0.15, 0.2) is 54.6 Å². The van der Waals surface area contributed by atoms with E-state index in [2.05, 4.69) is 11.1 Å². The predicted octanol–water partition coefficient (Wildman–Crippen LogP) is 3.48. The first-order valence-corrected chi connectivity index (χ1v) is 5.87. The van der Waals surface area contributed by atoms with E-state index >= 15 is 0 Å². The van der Waals surface area contributed by atoms with Gasteiger partial charge >= 0.3 is 0 Å². The van der Waals surface area contributed by atoms with E-state index in [4.69, 9.17) is 0 Å². The zero-order valence-electron chi connectivity index (χ0n) is 10.0. The van der Waals surface area contributed by atoms with E-state index in [1.54, 1.807) is 18.2 Å². The Bertz CT molecular complexity index is 803. The van der Waals surface area contributed by atoms with Crippen LogP contribution in [0.4, 0.5) is 0 Å². The highest BCUT2D eigenvalue weighted by Gasteiger charge is 2.09. The number of benzene rings is 2. The van der Waals surface area contributed by atoms with Crippen molar-refractivity contribution < 1.29 is 5.11 Å². The van der Waals surface area contributed by atoms with Gasteiger partial charge in [0.15, 0.2) is 0 Å². The molecule has 19 heavy (non-hydrogen) atoms. The van der Waals surface area contributed by atoms with E-state index in [1.807, 2.05) is 36.4 Å². The predicted molar refractivity (Wildman–Crippen MR) is 73.6 cm³/mol. The number of phenolic OH excluding ortho intramolecular Hbond substituents is 1. The average molecular weight is 246 g/mol. The van der Waals surface area contributed by atoms with Crippen LogP contribution in [0.25, 0.3) is 22.0 Å². The molecule has 0 fully saturated rings. The van der Waals surface area contributed by atoms with Crippen LogP contribution in [0.1, 0.15) is 5.69 Å². The fourth-order valence-corrected chi connectivity index (χ4v) is 2.09. The lowest BCUT2D eigenvalue weighted by Crippen LogP contribution is -1.90. The van der Waals surface area contributed by atoms with E-state index in [0.717, 1.165) is 22.0 Å². The molecular weight excluding hydrogens is 236 g/mol. The number of hydrogen-bond donors (Lipinski definition) is 1. The Hall–Kier alpha value is -2.86. The maximum atomic E-state index is 9.55. The van der Waals surface area contributed by atoms with Gasteiger partial charge in [0, 0.05) is 10.9 Å². The standard InChI is InChI=1S/C16H10N2O/c17-10-16-14(11-5-3-6-13(19)8-11)9-12-4-1-2-7-15(12)18-16/h1-9,19H. The van der Waals surface area contributed by atoms with Crippen molar-refractivity contribution in [2.24, 2.45) is 0 Å². The summed E-state index contributed by atoms with van der Waals surface area (Å²) in [6.45, 7) is 0. The molecule has 0 aliphatic carbocycles. The molecule has 90 valence electrons. The number of hydrogen-bond acceptors (Lipinski definition) is 3. The lowest BCUT2D eigenvalue weighted by atomic mass is 10.0. The molecule has 2 aromatic carbocycles. The monoisotopic (exact) mass is 246 g/mol. The van der Waals surface area contributed by atoms with Gasteiger partial charge in [0.05, 0.1) is 5.52 Å². The summed E-state index contributed by atoms with van der Waals surface area (Å²) in [6.07, 6.45) is 0. The molecule has 0 aliphatic heterocycles. The topological polar surface area (TPSA) is 56.9 Å². The maximum Gasteiger partial charge on any atom is 0.149 e. The van der Waals surface area contributed by atoms with Crippen molar-refractivity contribution in [3.05, 3.63) is 60.3 Å². The summed E-state index contributed by atoms with van der Waals surface area (Å²) in [5, 5.41) is 19.8. The zero-order chi connectivity index (χ0) is 13.2. The molecule has 1 N–H and O–H groups in total. The van der Waals surface area contributed by atoms with Crippen LogP contribution in [0.5, 0.6) is 5.75 Å². The fraction of sp³-hybridized carbons (Fsp3) is 0. The highest BCUT2D eigenvalue weighted by atomic mass is 16.3. The van der Waals surface area contributed by atoms with Gasteiger partial charge in [-0.2, -0.15) is 5.26 Å². The molecule has 0 spiro atoms. The molecule has 0 bridgehead atoms. The molecule has 1 heterocycles. The highest BCUT2D eigenvalue weighted by Crippen LogP contribution is 2.28. The van der Waals surface area contributed by atoms with Gasteiger partial charge in [-0.3, -0.25) is 0 Å². The van der Waals surface area contributed by atoms with Crippen LogP contribution in [-0.4, -0.2) is 10.1 Å². The summed E-state index contributed by atoms with van der Waals surface area (Å²) in [6, 6.07) is 18.5. The Balaban J connectivity index is 2.31. The van der Waals surface area contributed by atoms with Crippen molar-refractivity contribution in [3.63, 3.8) is 0 Å². The third-order valence-electron chi connectivity index (χ3n) is 2.99. The Morgan fingerprint density at radius 1 is 1.00 bits per heavy atom. The minimum Gasteiger partial charge on any atom is -0.508 e. The molecule has 3 heteroatoms. The summed E-state index contributed by atoms with van der Waals surface area (Å²) in [7, 11) is 0. The quantitative estimate of drug-likeness (QED) is 0.715. The third-order valence-corrected chi connectivity index (χ3v) is 2.99. The minimum atomic E-state index is 0.176. The molecule has 1 aromatic heterocycles. The number of nitriles is 1. The largest absolute Gasteiger partial charge is 0.508 e. The van der Waals surface area contributed by atoms with Crippen LogP contribution >= 0.6 is 0 Å². The number of pyridine rings is 1. The lowest BCUT2D eigenvalue weighted by molar-refractivity contribution is 0.475. The van der Waals surface area contributed by atoms with E-state index in [0.29, 0.717) is 5.69 Å². The maximum absolute atomic E-state index is 9.55. The first kappa shape index (κ1) is 11.2. The molecule has 3 nitrogen and oxygen atoms in total. The molecule has 3 aromatic rings. The molecule has 0 amide bonds. The number of aromatic hydroxyl groups is 1. The van der Waals surface area contributed by atoms with Crippen molar-refractivity contribution in [3.8, 4) is 22.9 Å². The summed E-state index contributed by atoms with van der Waals surface area (Å²) in [5.74, 6) is 0.176. The first-order chi connectivity index (χ1) is 9.28. The van der Waals surface area contributed by atoms with Crippen molar-refractivity contribution in [1.82, 2.24) is 4.98 Å². The van der Waals surface area contributed by atoms with Gasteiger partial charge in [-0.25, -0.2) is 4.98 Å². The van der Waals surface area contributed by atoms with Crippen LogP contribution in [0.3, 0.4) is 0 Å². The van der Waals surface area contributed by atoms with Crippen molar-refractivity contribution >= 4 is 10.9 Å². The van der Waals surface area contributed by atoms with Crippen LogP contribution in [-0.2, 0) is 0 Å². The summed E-state index contributed by atoms with van der Waals surface area (Å²) >= 11 is 0. The zero-order valence-corrected chi connectivity index (χ0v) is 10.0. The molecule has 0 atom stereocenters. The second-order valence-corrected chi connectivity index (χ2v) is 4.24. The smallest absolute Gasteiger partial charge is 0.149 e. The number of fused-ring (bicyclic) bond motifs is 1. The van der Waals surface area contributed by atoms with Crippen LogP contribution in [0.2, 0.25) is 0 Å². The molecule has 0 saturated carbocycles. The Kier molecular flexibility index (Phi) is 2.62. The molecule has 0 aliphatic rings. The second-order valence-electron chi connectivity index (χ2n) is 4.24. The van der Waals surface area contributed by atoms with Crippen LogP contribution < -0.4 is 0 Å². The van der Waals surface area contributed by atoms with Crippen molar-refractivity contribution in [1.29, 1.82) is 5.26 Å². The first-order valence-electron chi connectivity index (χ1n) is 5.87. The van der Waals surface area contributed by atoms with E-state index in [1.165, 1.54) is 0 Å². The van der Waals surface area contributed by atoms with E-state index in [9.17, 15) is 10.4 Å². The number of aromatic nitrogens is 1. The molecule has 3 rings (SSSR count). The lowest BCUT2D eigenvalue weighted by Gasteiger charge is -2.06. The fourth-order valence-electron chi connectivity index (χ4n) is 2.09. The molecule has 0 unspecified atom stereocenters. The van der Waals surface area contributed by atoms with Crippen molar-refractivity contribution in [2.45, 2.75) is 0 Å². The summed E-state index contributed by atoms with van der Waals surface area (Å²) in [4.78, 5) is 4.36. The average Bonchev–Trinajstić information content (AvgIpc) is 2.46. The summed E-state index contributed by atoms with van der Waals surface area (Å²) in [5.41, 5.74) is 2.68. The van der Waals surface area contributed by atoms with Gasteiger partial charge in [-0.05, 0) is 29.8 Å². The number of nitrogens with zero attached hydrogens (tertiary/aromatic N) is 2. The summed E-state index contributed by atoms with van der Waals surface area (Å²) < 4.78 is 0. The number of rotatable bonds is 1. The molecule has 0 saturated heterocycles. The molecular formula is C16H10N2O. The normalized spacial score (nSPS) is 10.3. The SMILES string of the molecule is N#Cc1nc2ccccc2cc1-c1cccc(O)c1. The van der Waals surface area contributed by atoms with Gasteiger partial charge < -0.3 is 5.11 Å². The van der Waals surface area contributed by atoms with E-state index < -0.39 is 0 Å². The van der Waals surface area contributed by atoms with E-state index in [-0.39, 0.29) is 5.75 Å². The second kappa shape index (κ2) is 4.43.